The molecule has 0 fully saturated rings. The maximum absolute atomic E-state index is 9.41. The van der Waals surface area contributed by atoms with E-state index in [4.69, 9.17) is 16.3 Å². The molecule has 114 valence electrons. The highest BCUT2D eigenvalue weighted by atomic mass is 35.5. The van der Waals surface area contributed by atoms with E-state index in [2.05, 4.69) is 16.4 Å². The number of nitrogens with one attached hydrogen (secondary N) is 1. The van der Waals surface area contributed by atoms with Gasteiger partial charge in [-0.25, -0.2) is 0 Å². The number of benzene rings is 2. The number of anilines is 2. The van der Waals surface area contributed by atoms with Crippen molar-refractivity contribution < 1.29 is 4.74 Å². The van der Waals surface area contributed by atoms with Gasteiger partial charge in [0, 0.05) is 16.6 Å². The van der Waals surface area contributed by atoms with Gasteiger partial charge < -0.3 is 10.1 Å². The molecule has 0 saturated heterocycles. The Kier molecular flexibility index (Phi) is 4.05. The number of methoxy groups -OCH3 is 1. The summed E-state index contributed by atoms with van der Waals surface area (Å²) in [4.78, 5) is 4.30. The summed E-state index contributed by atoms with van der Waals surface area (Å²) >= 11 is 6.11. The van der Waals surface area contributed by atoms with Gasteiger partial charge in [0.15, 0.2) is 0 Å². The first-order chi connectivity index (χ1) is 11.1. The molecule has 1 N–H and O–H groups in total. The van der Waals surface area contributed by atoms with E-state index in [-0.39, 0.29) is 0 Å². The van der Waals surface area contributed by atoms with Gasteiger partial charge in [-0.1, -0.05) is 17.7 Å². The number of aryl methyl sites for hydroxylation is 1. The minimum Gasteiger partial charge on any atom is -0.495 e. The molecular formula is C18H14ClN3O. The van der Waals surface area contributed by atoms with Crippen LogP contribution < -0.4 is 10.1 Å². The number of halogens is 1. The molecule has 2 aromatic carbocycles. The maximum Gasteiger partial charge on any atom is 0.142 e. The lowest BCUT2D eigenvalue weighted by Gasteiger charge is -2.15. The van der Waals surface area contributed by atoms with Crippen molar-refractivity contribution >= 4 is 33.9 Å². The second-order valence-corrected chi connectivity index (χ2v) is 5.59. The number of fused-ring (bicyclic) bond motifs is 1. The first kappa shape index (κ1) is 15.1. The lowest BCUT2D eigenvalue weighted by Crippen LogP contribution is -1.99. The van der Waals surface area contributed by atoms with Crippen LogP contribution in [-0.2, 0) is 0 Å². The van der Waals surface area contributed by atoms with Gasteiger partial charge >= 0.3 is 0 Å². The molecule has 0 spiro atoms. The Labute approximate surface area is 139 Å². The molecule has 1 heterocycles. The zero-order valence-electron chi connectivity index (χ0n) is 12.7. The number of rotatable bonds is 3. The molecule has 0 radical (unpaired) electrons. The summed E-state index contributed by atoms with van der Waals surface area (Å²) in [5.74, 6) is 0.700. The van der Waals surface area contributed by atoms with Gasteiger partial charge in [0.2, 0.25) is 0 Å². The summed E-state index contributed by atoms with van der Waals surface area (Å²) < 4.78 is 5.39. The Bertz CT molecular complexity index is 931. The summed E-state index contributed by atoms with van der Waals surface area (Å²) in [6, 6.07) is 13.4. The molecule has 0 bridgehead atoms. The van der Waals surface area contributed by atoms with Crippen LogP contribution in [0.3, 0.4) is 0 Å². The van der Waals surface area contributed by atoms with Gasteiger partial charge in [-0.3, -0.25) is 4.98 Å². The largest absolute Gasteiger partial charge is 0.495 e. The third-order valence-corrected chi connectivity index (χ3v) is 3.80. The molecule has 3 aromatic rings. The van der Waals surface area contributed by atoms with Crippen LogP contribution in [0.4, 0.5) is 11.4 Å². The molecule has 0 aliphatic carbocycles. The molecule has 5 heteroatoms. The first-order valence-electron chi connectivity index (χ1n) is 7.02. The molecule has 4 nitrogen and oxygen atoms in total. The number of nitriles is 1. The molecule has 0 atom stereocenters. The zero-order valence-corrected chi connectivity index (χ0v) is 13.5. The Morgan fingerprint density at radius 2 is 2.04 bits per heavy atom. The lowest BCUT2D eigenvalue weighted by molar-refractivity contribution is 0.416. The molecule has 1 aromatic heterocycles. The molecule has 3 rings (SSSR count). The van der Waals surface area contributed by atoms with E-state index in [0.717, 1.165) is 22.2 Å². The maximum atomic E-state index is 9.41. The van der Waals surface area contributed by atoms with Crippen molar-refractivity contribution in [1.29, 1.82) is 5.26 Å². The van der Waals surface area contributed by atoms with Crippen molar-refractivity contribution in [2.24, 2.45) is 0 Å². The van der Waals surface area contributed by atoms with E-state index in [9.17, 15) is 5.26 Å². The molecular weight excluding hydrogens is 310 g/mol. The monoisotopic (exact) mass is 323 g/mol. The Hall–Kier alpha value is -2.77. The predicted molar refractivity (Wildman–Crippen MR) is 92.5 cm³/mol. The number of nitrogens with zero attached hydrogens (tertiary/aromatic N) is 2. The van der Waals surface area contributed by atoms with Crippen molar-refractivity contribution in [2.75, 3.05) is 12.4 Å². The molecule has 0 saturated carbocycles. The normalized spacial score (nSPS) is 10.3. The summed E-state index contributed by atoms with van der Waals surface area (Å²) in [5, 5.41) is 14.1. The number of aromatic nitrogens is 1. The first-order valence-corrected chi connectivity index (χ1v) is 7.40. The topological polar surface area (TPSA) is 57.9 Å². The average molecular weight is 324 g/mol. The number of hydrogen-bond acceptors (Lipinski definition) is 4. The molecule has 0 aliphatic heterocycles. The van der Waals surface area contributed by atoms with Crippen molar-refractivity contribution in [1.82, 2.24) is 4.98 Å². The quantitative estimate of drug-likeness (QED) is 0.750. The Balaban J connectivity index is 2.21. The molecule has 23 heavy (non-hydrogen) atoms. The molecule has 0 unspecified atom stereocenters. The number of ether oxygens (including phenoxy) is 1. The second kappa shape index (κ2) is 6.15. The second-order valence-electron chi connectivity index (χ2n) is 5.15. The van der Waals surface area contributed by atoms with Gasteiger partial charge in [-0.05, 0) is 42.8 Å². The van der Waals surface area contributed by atoms with E-state index in [0.29, 0.717) is 22.0 Å². The van der Waals surface area contributed by atoms with E-state index in [1.54, 1.807) is 25.4 Å². The van der Waals surface area contributed by atoms with Gasteiger partial charge in [0.25, 0.3) is 0 Å². The molecule has 0 aliphatic rings. The smallest absolute Gasteiger partial charge is 0.142 e. The van der Waals surface area contributed by atoms with E-state index in [1.807, 2.05) is 31.2 Å². The van der Waals surface area contributed by atoms with E-state index >= 15 is 0 Å². The van der Waals surface area contributed by atoms with Crippen molar-refractivity contribution in [3.05, 3.63) is 58.7 Å². The van der Waals surface area contributed by atoms with Crippen LogP contribution in [0.2, 0.25) is 5.02 Å². The number of pyridine rings is 1. The third-order valence-electron chi connectivity index (χ3n) is 3.57. The van der Waals surface area contributed by atoms with Crippen LogP contribution in [0.25, 0.3) is 10.9 Å². The summed E-state index contributed by atoms with van der Waals surface area (Å²) in [6.45, 7) is 2.00. The van der Waals surface area contributed by atoms with Crippen LogP contribution in [-0.4, -0.2) is 12.1 Å². The summed E-state index contributed by atoms with van der Waals surface area (Å²) in [5.41, 5.74) is 3.76. The summed E-state index contributed by atoms with van der Waals surface area (Å²) in [6.07, 6.45) is 1.56. The van der Waals surface area contributed by atoms with E-state index < -0.39 is 0 Å². The number of hydrogen-bond donors (Lipinski definition) is 1. The molecule has 0 amide bonds. The fourth-order valence-electron chi connectivity index (χ4n) is 2.44. The van der Waals surface area contributed by atoms with Crippen LogP contribution in [0, 0.1) is 18.3 Å². The fourth-order valence-corrected chi connectivity index (χ4v) is 2.61. The van der Waals surface area contributed by atoms with Gasteiger partial charge in [-0.15, -0.1) is 0 Å². The van der Waals surface area contributed by atoms with Crippen LogP contribution in [0.5, 0.6) is 5.75 Å². The van der Waals surface area contributed by atoms with Crippen molar-refractivity contribution in [3.63, 3.8) is 0 Å². The highest BCUT2D eigenvalue weighted by Gasteiger charge is 2.12. The summed E-state index contributed by atoms with van der Waals surface area (Å²) in [7, 11) is 1.61. The Morgan fingerprint density at radius 1 is 1.22 bits per heavy atom. The van der Waals surface area contributed by atoms with Crippen molar-refractivity contribution in [2.45, 2.75) is 6.92 Å². The van der Waals surface area contributed by atoms with Crippen LogP contribution in [0.15, 0.2) is 42.6 Å². The zero-order chi connectivity index (χ0) is 16.4. The van der Waals surface area contributed by atoms with Gasteiger partial charge in [0.05, 0.1) is 29.6 Å². The van der Waals surface area contributed by atoms with Crippen LogP contribution in [0.1, 0.15) is 11.1 Å². The average Bonchev–Trinajstić information content (AvgIpc) is 2.55. The minimum atomic E-state index is 0.448. The Morgan fingerprint density at radius 3 is 2.78 bits per heavy atom. The van der Waals surface area contributed by atoms with Gasteiger partial charge in [-0.2, -0.15) is 5.26 Å². The fraction of sp³-hybridized carbons (Fsp3) is 0.111. The lowest BCUT2D eigenvalue weighted by atomic mass is 10.1. The van der Waals surface area contributed by atoms with Crippen molar-refractivity contribution in [3.8, 4) is 11.8 Å². The van der Waals surface area contributed by atoms with E-state index in [1.165, 1.54) is 0 Å². The van der Waals surface area contributed by atoms with Gasteiger partial charge in [0.1, 0.15) is 11.8 Å². The van der Waals surface area contributed by atoms with Crippen LogP contribution >= 0.6 is 11.6 Å². The highest BCUT2D eigenvalue weighted by Crippen LogP contribution is 2.34. The minimum absolute atomic E-state index is 0.448. The third kappa shape index (κ3) is 2.92. The highest BCUT2D eigenvalue weighted by molar-refractivity contribution is 6.31. The predicted octanol–water partition coefficient (Wildman–Crippen LogP) is 4.82. The standard InChI is InChI=1S/C18H14ClN3O/c1-11-3-6-17(23-2)16(7-11)22-18-12(9-20)10-21-15-5-4-13(19)8-14(15)18/h3-8,10H,1-2H3,(H,21,22). The SMILES string of the molecule is COc1ccc(C)cc1Nc1c(C#N)cnc2ccc(Cl)cc12.